The van der Waals surface area contributed by atoms with Gasteiger partial charge in [-0.1, -0.05) is 45.1 Å². The van der Waals surface area contributed by atoms with Crippen LogP contribution in [0.4, 0.5) is 0 Å². The minimum Gasteiger partial charge on any atom is -0.394 e. The number of hydrogen-bond donors (Lipinski definition) is 1. The molecule has 4 heterocycles. The number of carbonyl (C=O) groups excluding carboxylic acids is 3. The first kappa shape index (κ1) is 24.9. The second-order valence-corrected chi connectivity index (χ2v) is 11.3. The first-order chi connectivity index (χ1) is 16.0. The molecule has 0 saturated carbocycles. The second-order valence-electron chi connectivity index (χ2n) is 11.3. The number of hydrogen-bond acceptors (Lipinski definition) is 5. The third-order valence-corrected chi connectivity index (χ3v) is 7.80. The molecule has 0 aromatic heterocycles. The van der Waals surface area contributed by atoms with Gasteiger partial charge in [-0.2, -0.15) is 0 Å². The number of ether oxygens (including phenoxy) is 1. The van der Waals surface area contributed by atoms with E-state index < -0.39 is 41.2 Å². The molecule has 1 N–H and O–H groups in total. The molecule has 0 aromatic rings. The van der Waals surface area contributed by atoms with Crippen LogP contribution >= 0.6 is 0 Å². The number of rotatable bonds is 5. The summed E-state index contributed by atoms with van der Waals surface area (Å²) in [5, 5.41) is 10.3. The molecule has 0 bridgehead atoms. The van der Waals surface area contributed by atoms with Crippen molar-refractivity contribution in [3.8, 4) is 0 Å². The smallest absolute Gasteiger partial charge is 0.249 e. The monoisotopic (exact) mass is 473 g/mol. The molecule has 8 heteroatoms. The molecule has 0 radical (unpaired) electrons. The summed E-state index contributed by atoms with van der Waals surface area (Å²) in [6.45, 7) is 13.0. The lowest BCUT2D eigenvalue weighted by Crippen LogP contribution is -2.61. The molecule has 4 aliphatic rings. The maximum atomic E-state index is 14.2. The zero-order valence-corrected chi connectivity index (χ0v) is 21.2. The third kappa shape index (κ3) is 3.61. The summed E-state index contributed by atoms with van der Waals surface area (Å²) in [4.78, 5) is 47.1. The van der Waals surface area contributed by atoms with Gasteiger partial charge in [0.25, 0.3) is 0 Å². The van der Waals surface area contributed by atoms with Gasteiger partial charge in [0, 0.05) is 25.2 Å². The maximum absolute atomic E-state index is 14.2. The van der Waals surface area contributed by atoms with Gasteiger partial charge in [0.05, 0.1) is 30.6 Å². The number of likely N-dealkylation sites (tertiary alicyclic amines) is 1. The van der Waals surface area contributed by atoms with E-state index in [2.05, 4.69) is 0 Å². The fourth-order valence-electron chi connectivity index (χ4n) is 6.18. The van der Waals surface area contributed by atoms with Crippen LogP contribution in [0.2, 0.25) is 0 Å². The standard InChI is InChI=1S/C26H39N3O5/c1-7-12-27-13-8-10-18-19(22(27)31)20-23(32)29(17(15-30)16(2)3)21-24(33)28(25(4,5)6)14-9-11-26(20,21)34-18/h8-11,16-21,30H,7,12-15H2,1-6H3/t17-,18-,19+,20-,21?,26-/m0/s1. The van der Waals surface area contributed by atoms with E-state index in [0.29, 0.717) is 19.6 Å². The normalized spacial score (nSPS) is 34.4. The van der Waals surface area contributed by atoms with Crippen LogP contribution in [0.25, 0.3) is 0 Å². The van der Waals surface area contributed by atoms with Gasteiger partial charge in [-0.25, -0.2) is 0 Å². The maximum Gasteiger partial charge on any atom is 0.249 e. The summed E-state index contributed by atoms with van der Waals surface area (Å²) in [5.41, 5.74) is -1.72. The Hall–Kier alpha value is -2.19. The Morgan fingerprint density at radius 1 is 1.12 bits per heavy atom. The minimum atomic E-state index is -1.25. The highest BCUT2D eigenvalue weighted by Gasteiger charge is 2.72. The molecule has 2 saturated heterocycles. The van der Waals surface area contributed by atoms with E-state index in [1.165, 1.54) is 0 Å². The van der Waals surface area contributed by atoms with Crippen LogP contribution in [0.15, 0.2) is 24.3 Å². The van der Waals surface area contributed by atoms with Crippen LogP contribution in [-0.4, -0.2) is 93.1 Å². The fraction of sp³-hybridized carbons (Fsp3) is 0.731. The number of fused-ring (bicyclic) bond motifs is 2. The van der Waals surface area contributed by atoms with E-state index in [9.17, 15) is 19.5 Å². The molecule has 1 spiro atoms. The van der Waals surface area contributed by atoms with Crippen molar-refractivity contribution in [2.24, 2.45) is 17.8 Å². The van der Waals surface area contributed by atoms with E-state index >= 15 is 0 Å². The Bertz CT molecular complexity index is 907. The summed E-state index contributed by atoms with van der Waals surface area (Å²) in [7, 11) is 0. The summed E-state index contributed by atoms with van der Waals surface area (Å²) in [6, 6.07) is -1.49. The van der Waals surface area contributed by atoms with E-state index in [4.69, 9.17) is 4.74 Å². The molecule has 1 unspecified atom stereocenters. The third-order valence-electron chi connectivity index (χ3n) is 7.80. The summed E-state index contributed by atoms with van der Waals surface area (Å²) >= 11 is 0. The van der Waals surface area contributed by atoms with Crippen LogP contribution in [0.5, 0.6) is 0 Å². The molecule has 8 nitrogen and oxygen atoms in total. The van der Waals surface area contributed by atoms with Crippen molar-refractivity contribution < 1.29 is 24.2 Å². The van der Waals surface area contributed by atoms with Crippen molar-refractivity contribution >= 4 is 17.7 Å². The second kappa shape index (κ2) is 8.79. The summed E-state index contributed by atoms with van der Waals surface area (Å²) in [5.74, 6) is -2.18. The van der Waals surface area contributed by atoms with E-state index in [1.807, 2.05) is 65.8 Å². The lowest BCUT2D eigenvalue weighted by Gasteiger charge is -2.42. The molecule has 2 fully saturated rings. The summed E-state index contributed by atoms with van der Waals surface area (Å²) < 4.78 is 6.63. The molecular formula is C26H39N3O5. The summed E-state index contributed by atoms with van der Waals surface area (Å²) in [6.07, 6.45) is 7.82. The molecular weight excluding hydrogens is 434 g/mol. The van der Waals surface area contributed by atoms with Crippen LogP contribution in [0.3, 0.4) is 0 Å². The van der Waals surface area contributed by atoms with Gasteiger partial charge in [-0.15, -0.1) is 0 Å². The number of aliphatic hydroxyl groups excluding tert-OH is 1. The molecule has 4 rings (SSSR count). The Kier molecular flexibility index (Phi) is 6.44. The predicted octanol–water partition coefficient (Wildman–Crippen LogP) is 1.59. The molecule has 0 aliphatic carbocycles. The number of carbonyl (C=O) groups is 3. The first-order valence-electron chi connectivity index (χ1n) is 12.5. The Labute approximate surface area is 202 Å². The number of aliphatic hydroxyl groups is 1. The topological polar surface area (TPSA) is 90.4 Å². The predicted molar refractivity (Wildman–Crippen MR) is 128 cm³/mol. The van der Waals surface area contributed by atoms with Crippen LogP contribution < -0.4 is 0 Å². The molecule has 34 heavy (non-hydrogen) atoms. The van der Waals surface area contributed by atoms with Crippen molar-refractivity contribution in [1.82, 2.24) is 14.7 Å². The fourth-order valence-corrected chi connectivity index (χ4v) is 6.18. The van der Waals surface area contributed by atoms with Crippen molar-refractivity contribution in [3.63, 3.8) is 0 Å². The zero-order valence-electron chi connectivity index (χ0n) is 21.2. The van der Waals surface area contributed by atoms with Crippen molar-refractivity contribution in [3.05, 3.63) is 24.3 Å². The van der Waals surface area contributed by atoms with Gasteiger partial charge in [-0.05, 0) is 33.1 Å². The zero-order chi connectivity index (χ0) is 25.0. The highest BCUT2D eigenvalue weighted by Crippen LogP contribution is 2.54. The van der Waals surface area contributed by atoms with Gasteiger partial charge < -0.3 is 24.5 Å². The van der Waals surface area contributed by atoms with E-state index in [1.54, 1.807) is 14.7 Å². The minimum absolute atomic E-state index is 0.0786. The van der Waals surface area contributed by atoms with E-state index in [0.717, 1.165) is 6.42 Å². The molecule has 0 aromatic carbocycles. The average Bonchev–Trinajstić information content (AvgIpc) is 3.06. The van der Waals surface area contributed by atoms with Gasteiger partial charge >= 0.3 is 0 Å². The van der Waals surface area contributed by atoms with Crippen LogP contribution in [0.1, 0.15) is 48.0 Å². The molecule has 3 amide bonds. The van der Waals surface area contributed by atoms with Gasteiger partial charge in [-0.3, -0.25) is 14.4 Å². The molecule has 188 valence electrons. The highest BCUT2D eigenvalue weighted by atomic mass is 16.5. The van der Waals surface area contributed by atoms with E-state index in [-0.39, 0.29) is 30.2 Å². The lowest BCUT2D eigenvalue weighted by atomic mass is 9.77. The van der Waals surface area contributed by atoms with Crippen LogP contribution in [0, 0.1) is 17.8 Å². The number of amides is 3. The lowest BCUT2D eigenvalue weighted by molar-refractivity contribution is -0.155. The largest absolute Gasteiger partial charge is 0.394 e. The van der Waals surface area contributed by atoms with Crippen LogP contribution in [-0.2, 0) is 19.1 Å². The molecule has 6 atom stereocenters. The van der Waals surface area contributed by atoms with Crippen molar-refractivity contribution in [2.45, 2.75) is 77.3 Å². The Balaban J connectivity index is 1.88. The Morgan fingerprint density at radius 3 is 2.41 bits per heavy atom. The van der Waals surface area contributed by atoms with Gasteiger partial charge in [0.2, 0.25) is 17.7 Å². The van der Waals surface area contributed by atoms with Crippen molar-refractivity contribution in [1.29, 1.82) is 0 Å². The van der Waals surface area contributed by atoms with Gasteiger partial charge in [0.15, 0.2) is 0 Å². The number of nitrogens with zero attached hydrogens (tertiary/aromatic N) is 3. The average molecular weight is 474 g/mol. The Morgan fingerprint density at radius 2 is 1.82 bits per heavy atom. The molecule has 4 aliphatic heterocycles. The SMILES string of the molecule is CCCN1CC=C[C@@H]2O[C@]34C=CCN(C(C)(C)C)C(=O)C3N([C@@H](CO)C(C)C)C(=O)[C@@H]4[C@@H]2C1=O. The highest BCUT2D eigenvalue weighted by molar-refractivity contribution is 6.00. The first-order valence-corrected chi connectivity index (χ1v) is 12.5. The quantitative estimate of drug-likeness (QED) is 0.613. The van der Waals surface area contributed by atoms with Gasteiger partial charge in [0.1, 0.15) is 11.6 Å². The van der Waals surface area contributed by atoms with Crippen molar-refractivity contribution in [2.75, 3.05) is 26.2 Å².